The number of aromatic amines is 1. The van der Waals surface area contributed by atoms with Crippen molar-refractivity contribution >= 4 is 21.8 Å². The van der Waals surface area contributed by atoms with Crippen LogP contribution >= 0.6 is 0 Å². The molecule has 0 radical (unpaired) electrons. The fourth-order valence-electron chi connectivity index (χ4n) is 2.57. The summed E-state index contributed by atoms with van der Waals surface area (Å²) in [5.74, 6) is 0. The standard InChI is InChI=1S/C10H11N.C9H9N.CH4.K.H/c1-8-3-4-10-9(7-8)5-6-11(10)2;1-7-2-3-9-8(6-7)4-5-10-9;;;/h3-7H,1-2H3;2-6,10H,1H3;1H4;;/q;;;+1;-1. The fourth-order valence-corrected chi connectivity index (χ4v) is 2.57. The van der Waals surface area contributed by atoms with E-state index in [1.807, 2.05) is 6.20 Å². The summed E-state index contributed by atoms with van der Waals surface area (Å²) in [5.41, 5.74) is 5.15. The molecule has 0 spiro atoms. The maximum Gasteiger partial charge on any atom is 1.00 e. The minimum atomic E-state index is 0. The molecule has 3 heteroatoms. The van der Waals surface area contributed by atoms with Crippen molar-refractivity contribution in [2.24, 2.45) is 7.05 Å². The molecule has 0 atom stereocenters. The normalized spacial score (nSPS) is 9.70. The van der Waals surface area contributed by atoms with Gasteiger partial charge in [-0.3, -0.25) is 0 Å². The molecule has 0 saturated heterocycles. The van der Waals surface area contributed by atoms with Crippen LogP contribution in [0, 0.1) is 13.8 Å². The molecule has 0 aliphatic carbocycles. The largest absolute Gasteiger partial charge is 1.00 e. The number of hydrogen-bond acceptors (Lipinski definition) is 0. The smallest absolute Gasteiger partial charge is 1.00 e. The summed E-state index contributed by atoms with van der Waals surface area (Å²) in [5, 5.41) is 2.62. The van der Waals surface area contributed by atoms with Crippen LogP contribution in [0.2, 0.25) is 0 Å². The maximum atomic E-state index is 3.15. The summed E-state index contributed by atoms with van der Waals surface area (Å²) >= 11 is 0. The molecule has 0 bridgehead atoms. The Morgan fingerprint density at radius 2 is 1.52 bits per heavy atom. The van der Waals surface area contributed by atoms with Crippen LogP contribution in [0.15, 0.2) is 60.9 Å². The van der Waals surface area contributed by atoms with Gasteiger partial charge < -0.3 is 11.0 Å². The van der Waals surface area contributed by atoms with Crippen molar-refractivity contribution in [3.63, 3.8) is 0 Å². The molecule has 4 rings (SSSR count). The van der Waals surface area contributed by atoms with Gasteiger partial charge in [0.15, 0.2) is 0 Å². The van der Waals surface area contributed by atoms with E-state index in [0.717, 1.165) is 0 Å². The van der Waals surface area contributed by atoms with E-state index in [1.165, 1.54) is 32.9 Å². The third-order valence-corrected chi connectivity index (χ3v) is 3.75. The summed E-state index contributed by atoms with van der Waals surface area (Å²) in [6.45, 7) is 4.22. The number of H-pyrrole nitrogens is 1. The van der Waals surface area contributed by atoms with Crippen molar-refractivity contribution in [1.82, 2.24) is 9.55 Å². The first-order valence-electron chi connectivity index (χ1n) is 7.19. The van der Waals surface area contributed by atoms with Crippen molar-refractivity contribution in [3.8, 4) is 0 Å². The summed E-state index contributed by atoms with van der Waals surface area (Å²) in [6, 6.07) is 17.1. The van der Waals surface area contributed by atoms with Gasteiger partial charge in [-0.1, -0.05) is 30.7 Å². The predicted molar refractivity (Wildman–Crippen MR) is 98.5 cm³/mol. The van der Waals surface area contributed by atoms with Crippen LogP contribution in [0.3, 0.4) is 0 Å². The van der Waals surface area contributed by atoms with E-state index in [1.54, 1.807) is 0 Å². The second-order valence-electron chi connectivity index (χ2n) is 5.56. The van der Waals surface area contributed by atoms with Gasteiger partial charge in [0.25, 0.3) is 0 Å². The second kappa shape index (κ2) is 8.85. The molecule has 2 heterocycles. The zero-order chi connectivity index (χ0) is 14.8. The number of aromatic nitrogens is 2. The van der Waals surface area contributed by atoms with Crippen LogP contribution < -0.4 is 51.4 Å². The average Bonchev–Trinajstić information content (AvgIpc) is 3.06. The quantitative estimate of drug-likeness (QED) is 0.478. The Bertz CT molecular complexity index is 893. The van der Waals surface area contributed by atoms with Crippen molar-refractivity contribution < 1.29 is 52.8 Å². The number of nitrogens with zero attached hydrogens (tertiary/aromatic N) is 1. The molecular weight excluding hydrogens is 307 g/mol. The molecule has 116 valence electrons. The van der Waals surface area contributed by atoms with Gasteiger partial charge in [-0.2, -0.15) is 0 Å². The Labute approximate surface area is 182 Å². The third kappa shape index (κ3) is 4.81. The Morgan fingerprint density at radius 3 is 2.26 bits per heavy atom. The number of hydrogen-bond donors (Lipinski definition) is 1. The first-order valence-corrected chi connectivity index (χ1v) is 7.19. The number of fused-ring (bicyclic) bond motifs is 2. The van der Waals surface area contributed by atoms with E-state index >= 15 is 0 Å². The number of rotatable bonds is 0. The van der Waals surface area contributed by atoms with Crippen molar-refractivity contribution in [2.45, 2.75) is 21.3 Å². The van der Waals surface area contributed by atoms with Crippen LogP contribution in [0.1, 0.15) is 20.0 Å². The monoisotopic (exact) mass is 332 g/mol. The first kappa shape index (κ1) is 20.2. The average molecular weight is 333 g/mol. The van der Waals surface area contributed by atoms with Crippen LogP contribution in [-0.4, -0.2) is 9.55 Å². The molecule has 0 amide bonds. The molecule has 0 unspecified atom stereocenters. The van der Waals surface area contributed by atoms with Gasteiger partial charge in [-0.05, 0) is 61.0 Å². The third-order valence-electron chi connectivity index (χ3n) is 3.75. The molecule has 4 aromatic rings. The van der Waals surface area contributed by atoms with Gasteiger partial charge in [-0.15, -0.1) is 0 Å². The van der Waals surface area contributed by atoms with Crippen LogP contribution in [0.25, 0.3) is 21.8 Å². The molecule has 0 fully saturated rings. The Kier molecular flexibility index (Phi) is 7.78. The van der Waals surface area contributed by atoms with Gasteiger partial charge in [0, 0.05) is 30.5 Å². The number of nitrogens with one attached hydrogen (secondary N) is 1. The second-order valence-corrected chi connectivity index (χ2v) is 5.56. The van der Waals surface area contributed by atoms with Gasteiger partial charge in [0.1, 0.15) is 0 Å². The Balaban J connectivity index is 0.000000393. The summed E-state index contributed by atoms with van der Waals surface area (Å²) < 4.78 is 2.13. The summed E-state index contributed by atoms with van der Waals surface area (Å²) in [4.78, 5) is 3.15. The molecule has 0 aliphatic heterocycles. The molecule has 2 nitrogen and oxygen atoms in total. The zero-order valence-electron chi connectivity index (χ0n) is 14.7. The minimum Gasteiger partial charge on any atom is -1.00 e. The summed E-state index contributed by atoms with van der Waals surface area (Å²) in [6.07, 6.45) is 4.05. The van der Waals surface area contributed by atoms with Crippen LogP contribution in [-0.2, 0) is 7.05 Å². The van der Waals surface area contributed by atoms with E-state index in [0.29, 0.717) is 0 Å². The van der Waals surface area contributed by atoms with Crippen molar-refractivity contribution in [2.75, 3.05) is 0 Å². The molecule has 1 N–H and O–H groups in total. The van der Waals surface area contributed by atoms with E-state index in [4.69, 9.17) is 0 Å². The van der Waals surface area contributed by atoms with Crippen molar-refractivity contribution in [1.29, 1.82) is 0 Å². The molecule has 2 aromatic heterocycles. The van der Waals surface area contributed by atoms with E-state index in [9.17, 15) is 0 Å². The predicted octanol–water partition coefficient (Wildman–Crippen LogP) is 2.72. The van der Waals surface area contributed by atoms with Crippen LogP contribution in [0.4, 0.5) is 0 Å². The molecule has 0 saturated carbocycles. The fraction of sp³-hybridized carbons (Fsp3) is 0.200. The van der Waals surface area contributed by atoms with Crippen LogP contribution in [0.5, 0.6) is 0 Å². The number of benzene rings is 2. The summed E-state index contributed by atoms with van der Waals surface area (Å²) in [7, 11) is 2.07. The van der Waals surface area contributed by atoms with Gasteiger partial charge in [0.2, 0.25) is 0 Å². The maximum absolute atomic E-state index is 3.15. The van der Waals surface area contributed by atoms with Gasteiger partial charge in [0.05, 0.1) is 0 Å². The van der Waals surface area contributed by atoms with E-state index in [-0.39, 0.29) is 60.2 Å². The molecule has 0 aliphatic rings. The van der Waals surface area contributed by atoms with Gasteiger partial charge in [-0.25, -0.2) is 0 Å². The molecular formula is C20H25KN2. The SMILES string of the molecule is C.Cc1ccc2[nH]ccc2c1.Cc1ccc2c(ccn2C)c1.[H-].[K+]. The van der Waals surface area contributed by atoms with Gasteiger partial charge >= 0.3 is 51.4 Å². The first-order chi connectivity index (χ1) is 10.1. The van der Waals surface area contributed by atoms with Crippen molar-refractivity contribution in [3.05, 3.63) is 72.1 Å². The molecule has 23 heavy (non-hydrogen) atoms. The molecule has 2 aromatic carbocycles. The van der Waals surface area contributed by atoms with E-state index in [2.05, 4.69) is 85.2 Å². The van der Waals surface area contributed by atoms with E-state index < -0.39 is 0 Å². The Hall–Kier alpha value is -0.844. The Morgan fingerprint density at radius 1 is 0.870 bits per heavy atom. The minimum absolute atomic E-state index is 0. The number of aryl methyl sites for hydroxylation is 3. The topological polar surface area (TPSA) is 20.7 Å². The zero-order valence-corrected chi connectivity index (χ0v) is 16.8.